The Kier molecular flexibility index (Phi) is 3.85. The van der Waals surface area contributed by atoms with E-state index in [-0.39, 0.29) is 18.0 Å². The summed E-state index contributed by atoms with van der Waals surface area (Å²) in [5.74, 6) is 0.661. The van der Waals surface area contributed by atoms with Crippen molar-refractivity contribution in [2.45, 2.75) is 32.9 Å². The van der Waals surface area contributed by atoms with Crippen LogP contribution in [0.4, 0.5) is 0 Å². The Balaban J connectivity index is 2.36. The van der Waals surface area contributed by atoms with Crippen LogP contribution in [0, 0.1) is 4.77 Å². The molecule has 0 spiro atoms. The number of fused-ring (bicyclic) bond motifs is 1. The van der Waals surface area contributed by atoms with Gasteiger partial charge >= 0.3 is 0 Å². The number of amides is 1. The number of imidazole rings is 1. The lowest BCUT2D eigenvalue weighted by Gasteiger charge is -2.20. The van der Waals surface area contributed by atoms with E-state index in [1.165, 1.54) is 0 Å². The smallest absolute Gasteiger partial charge is 0.240 e. The van der Waals surface area contributed by atoms with E-state index in [1.54, 1.807) is 11.7 Å². The van der Waals surface area contributed by atoms with Gasteiger partial charge in [-0.25, -0.2) is 0 Å². The van der Waals surface area contributed by atoms with Gasteiger partial charge in [0.15, 0.2) is 4.77 Å². The molecule has 6 heteroatoms. The van der Waals surface area contributed by atoms with Gasteiger partial charge < -0.3 is 19.6 Å². The average molecular weight is 293 g/mol. The second kappa shape index (κ2) is 5.28. The van der Waals surface area contributed by atoms with Gasteiger partial charge in [-0.1, -0.05) is 0 Å². The molecule has 5 nitrogen and oxygen atoms in total. The zero-order valence-electron chi connectivity index (χ0n) is 12.1. The summed E-state index contributed by atoms with van der Waals surface area (Å²) in [5.41, 5.74) is 1.49. The summed E-state index contributed by atoms with van der Waals surface area (Å²) < 4.78 is 7.51. The molecule has 108 valence electrons. The summed E-state index contributed by atoms with van der Waals surface area (Å²) in [4.78, 5) is 15.1. The van der Waals surface area contributed by atoms with Gasteiger partial charge in [0.2, 0.25) is 5.91 Å². The zero-order chi connectivity index (χ0) is 14.9. The zero-order valence-corrected chi connectivity index (χ0v) is 12.9. The SMILES string of the molecule is COc1ccc2[nH]c(=S)n(CC(=O)NC(C)(C)C)c2c1. The summed E-state index contributed by atoms with van der Waals surface area (Å²) >= 11 is 5.28. The quantitative estimate of drug-likeness (QED) is 0.855. The Morgan fingerprint density at radius 2 is 2.15 bits per heavy atom. The number of aromatic nitrogens is 2. The lowest BCUT2D eigenvalue weighted by molar-refractivity contribution is -0.123. The third kappa shape index (κ3) is 3.19. The van der Waals surface area contributed by atoms with E-state index in [0.29, 0.717) is 4.77 Å². The highest BCUT2D eigenvalue weighted by molar-refractivity contribution is 7.71. The van der Waals surface area contributed by atoms with Crippen LogP contribution in [0.15, 0.2) is 18.2 Å². The molecule has 0 bridgehead atoms. The van der Waals surface area contributed by atoms with Crippen molar-refractivity contribution in [3.63, 3.8) is 0 Å². The molecule has 20 heavy (non-hydrogen) atoms. The normalized spacial score (nSPS) is 11.6. The van der Waals surface area contributed by atoms with Crippen LogP contribution in [0.5, 0.6) is 5.75 Å². The van der Waals surface area contributed by atoms with Gasteiger partial charge in [-0.15, -0.1) is 0 Å². The van der Waals surface area contributed by atoms with Gasteiger partial charge in [0.25, 0.3) is 0 Å². The second-order valence-corrected chi connectivity index (χ2v) is 6.08. The summed E-state index contributed by atoms with van der Waals surface area (Å²) in [6, 6.07) is 5.61. The molecule has 1 aromatic carbocycles. The molecule has 2 rings (SSSR count). The fourth-order valence-electron chi connectivity index (χ4n) is 2.02. The fourth-order valence-corrected chi connectivity index (χ4v) is 2.29. The van der Waals surface area contributed by atoms with Crippen molar-refractivity contribution in [2.75, 3.05) is 7.11 Å². The first-order valence-electron chi connectivity index (χ1n) is 6.38. The van der Waals surface area contributed by atoms with Crippen molar-refractivity contribution in [2.24, 2.45) is 0 Å². The third-order valence-corrected chi connectivity index (χ3v) is 3.12. The van der Waals surface area contributed by atoms with Crippen molar-refractivity contribution in [1.82, 2.24) is 14.9 Å². The van der Waals surface area contributed by atoms with Crippen molar-refractivity contribution >= 4 is 29.2 Å². The van der Waals surface area contributed by atoms with Crippen molar-refractivity contribution in [1.29, 1.82) is 0 Å². The number of ether oxygens (including phenoxy) is 1. The van der Waals surface area contributed by atoms with Crippen molar-refractivity contribution in [3.8, 4) is 5.75 Å². The highest BCUT2D eigenvalue weighted by Gasteiger charge is 2.15. The van der Waals surface area contributed by atoms with Gasteiger partial charge in [-0.05, 0) is 45.1 Å². The molecule has 0 unspecified atom stereocenters. The Morgan fingerprint density at radius 1 is 1.45 bits per heavy atom. The van der Waals surface area contributed by atoms with Crippen LogP contribution in [0.1, 0.15) is 20.8 Å². The van der Waals surface area contributed by atoms with E-state index < -0.39 is 0 Å². The molecular weight excluding hydrogens is 274 g/mol. The van der Waals surface area contributed by atoms with E-state index >= 15 is 0 Å². The number of carbonyl (C=O) groups excluding carboxylic acids is 1. The van der Waals surface area contributed by atoms with E-state index in [2.05, 4.69) is 10.3 Å². The first kappa shape index (κ1) is 14.6. The molecule has 1 aromatic heterocycles. The summed E-state index contributed by atoms with van der Waals surface area (Å²) in [6.07, 6.45) is 0. The molecule has 2 N–H and O–H groups in total. The number of aromatic amines is 1. The molecule has 0 aliphatic heterocycles. The maximum atomic E-state index is 12.1. The maximum Gasteiger partial charge on any atom is 0.240 e. The number of H-pyrrole nitrogens is 1. The summed E-state index contributed by atoms with van der Waals surface area (Å²) in [5, 5.41) is 2.93. The number of hydrogen-bond donors (Lipinski definition) is 2. The van der Waals surface area contributed by atoms with Crippen LogP contribution in [0.25, 0.3) is 11.0 Å². The molecule has 0 aliphatic carbocycles. The fraction of sp³-hybridized carbons (Fsp3) is 0.429. The molecule has 0 aliphatic rings. The van der Waals surface area contributed by atoms with Crippen LogP contribution in [0.3, 0.4) is 0 Å². The molecule has 2 aromatic rings. The van der Waals surface area contributed by atoms with Crippen LogP contribution in [-0.4, -0.2) is 28.1 Å². The third-order valence-electron chi connectivity index (χ3n) is 2.80. The van der Waals surface area contributed by atoms with E-state index in [1.807, 2.05) is 39.0 Å². The lowest BCUT2D eigenvalue weighted by atomic mass is 10.1. The topological polar surface area (TPSA) is 59.0 Å². The van der Waals surface area contributed by atoms with Gasteiger partial charge in [0, 0.05) is 11.6 Å². The number of carbonyl (C=O) groups is 1. The number of nitrogens with zero attached hydrogens (tertiary/aromatic N) is 1. The van der Waals surface area contributed by atoms with Crippen molar-refractivity contribution < 1.29 is 9.53 Å². The van der Waals surface area contributed by atoms with Gasteiger partial charge in [0.1, 0.15) is 12.3 Å². The van der Waals surface area contributed by atoms with E-state index in [4.69, 9.17) is 17.0 Å². The molecule has 1 heterocycles. The number of benzene rings is 1. The molecule has 0 fully saturated rings. The first-order valence-corrected chi connectivity index (χ1v) is 6.78. The predicted molar refractivity (Wildman–Crippen MR) is 81.6 cm³/mol. The van der Waals surface area contributed by atoms with Crippen LogP contribution in [-0.2, 0) is 11.3 Å². The van der Waals surface area contributed by atoms with Crippen LogP contribution in [0.2, 0.25) is 0 Å². The Bertz CT molecular complexity index is 694. The van der Waals surface area contributed by atoms with Crippen LogP contribution < -0.4 is 10.1 Å². The number of methoxy groups -OCH3 is 1. The minimum Gasteiger partial charge on any atom is -0.497 e. The van der Waals surface area contributed by atoms with Crippen LogP contribution >= 0.6 is 12.2 Å². The average Bonchev–Trinajstić information content (AvgIpc) is 2.63. The number of nitrogens with one attached hydrogen (secondary N) is 2. The van der Waals surface area contributed by atoms with Gasteiger partial charge in [0.05, 0.1) is 18.1 Å². The van der Waals surface area contributed by atoms with Gasteiger partial charge in [-0.3, -0.25) is 4.79 Å². The molecule has 0 saturated heterocycles. The molecule has 0 atom stereocenters. The largest absolute Gasteiger partial charge is 0.497 e. The summed E-state index contributed by atoms with van der Waals surface area (Å²) in [7, 11) is 1.61. The molecule has 1 amide bonds. The molecule has 0 saturated carbocycles. The second-order valence-electron chi connectivity index (χ2n) is 5.70. The minimum absolute atomic E-state index is 0.0719. The maximum absolute atomic E-state index is 12.1. The Hall–Kier alpha value is -1.82. The van der Waals surface area contributed by atoms with Crippen molar-refractivity contribution in [3.05, 3.63) is 23.0 Å². The standard InChI is InChI=1S/C14H19N3O2S/c1-14(2,3)16-12(18)8-17-11-7-9(19-4)5-6-10(11)15-13(17)20/h5-7H,8H2,1-4H3,(H,15,20)(H,16,18). The molecular formula is C14H19N3O2S. The monoisotopic (exact) mass is 293 g/mol. The number of hydrogen-bond acceptors (Lipinski definition) is 3. The Morgan fingerprint density at radius 3 is 2.75 bits per heavy atom. The highest BCUT2D eigenvalue weighted by Crippen LogP contribution is 2.20. The van der Waals surface area contributed by atoms with Gasteiger partial charge in [-0.2, -0.15) is 0 Å². The summed E-state index contributed by atoms with van der Waals surface area (Å²) in [6.45, 7) is 6.02. The number of rotatable bonds is 3. The molecule has 0 radical (unpaired) electrons. The minimum atomic E-state index is -0.261. The predicted octanol–water partition coefficient (Wildman–Crippen LogP) is 2.62. The highest BCUT2D eigenvalue weighted by atomic mass is 32.1. The van der Waals surface area contributed by atoms with E-state index in [0.717, 1.165) is 16.8 Å². The van der Waals surface area contributed by atoms with E-state index in [9.17, 15) is 4.79 Å². The Labute approximate surface area is 122 Å². The lowest BCUT2D eigenvalue weighted by Crippen LogP contribution is -2.42. The first-order chi connectivity index (χ1) is 9.30.